The third-order valence-corrected chi connectivity index (χ3v) is 4.69. The lowest BCUT2D eigenvalue weighted by Crippen LogP contribution is -2.16. The van der Waals surface area contributed by atoms with Crippen LogP contribution in [0.2, 0.25) is 0 Å². The van der Waals surface area contributed by atoms with Gasteiger partial charge in [-0.3, -0.25) is 9.59 Å². The number of aromatic nitrogens is 2. The lowest BCUT2D eigenvalue weighted by Gasteiger charge is -2.10. The van der Waals surface area contributed by atoms with Crippen molar-refractivity contribution in [3.63, 3.8) is 0 Å². The number of methoxy groups -OCH3 is 1. The van der Waals surface area contributed by atoms with E-state index in [1.54, 1.807) is 0 Å². The molecule has 0 aliphatic carbocycles. The quantitative estimate of drug-likeness (QED) is 0.593. The Labute approximate surface area is 179 Å². The van der Waals surface area contributed by atoms with E-state index in [4.69, 9.17) is 14.2 Å². The number of nitrogens with zero attached hydrogens (tertiary/aromatic N) is 2. The van der Waals surface area contributed by atoms with E-state index in [-0.39, 0.29) is 41.0 Å². The molecule has 1 N–H and O–H groups in total. The predicted molar refractivity (Wildman–Crippen MR) is 106 cm³/mol. The maximum Gasteiger partial charge on any atom is 0.416 e. The summed E-state index contributed by atoms with van der Waals surface area (Å²) in [7, 11) is 1.30. The smallest absolute Gasteiger partial charge is 0.416 e. The summed E-state index contributed by atoms with van der Waals surface area (Å²) in [5.41, 5.74) is -0.593. The van der Waals surface area contributed by atoms with Gasteiger partial charge >= 0.3 is 6.18 Å². The number of nitrogens with one attached hydrogen (secondary N) is 1. The molecular formula is C21H16F3N3O5. The molecule has 0 spiro atoms. The van der Waals surface area contributed by atoms with Crippen LogP contribution in [0.4, 0.5) is 18.9 Å². The number of fused-ring (bicyclic) bond motifs is 1. The summed E-state index contributed by atoms with van der Waals surface area (Å²) in [6.45, 7) is 1.31. The molecule has 1 amide bonds. The second-order valence-corrected chi connectivity index (χ2v) is 6.80. The van der Waals surface area contributed by atoms with Crippen LogP contribution in [0.5, 0.6) is 17.2 Å². The molecule has 1 aliphatic rings. The molecule has 4 rings (SSSR count). The van der Waals surface area contributed by atoms with E-state index in [1.165, 1.54) is 44.5 Å². The first-order chi connectivity index (χ1) is 15.2. The molecule has 0 saturated heterocycles. The van der Waals surface area contributed by atoms with Crippen molar-refractivity contribution >= 4 is 17.4 Å². The van der Waals surface area contributed by atoms with Crippen molar-refractivity contribution < 1.29 is 37.0 Å². The van der Waals surface area contributed by atoms with Gasteiger partial charge in [-0.2, -0.15) is 18.3 Å². The van der Waals surface area contributed by atoms with Crippen LogP contribution >= 0.6 is 0 Å². The fraction of sp³-hybridized carbons (Fsp3) is 0.190. The fourth-order valence-electron chi connectivity index (χ4n) is 3.14. The van der Waals surface area contributed by atoms with Crippen LogP contribution < -0.4 is 19.5 Å². The number of ketones is 1. The van der Waals surface area contributed by atoms with E-state index in [2.05, 4.69) is 10.4 Å². The summed E-state index contributed by atoms with van der Waals surface area (Å²) in [5, 5.41) is 6.67. The Morgan fingerprint density at radius 2 is 1.88 bits per heavy atom. The van der Waals surface area contributed by atoms with Gasteiger partial charge in [0.1, 0.15) is 0 Å². The van der Waals surface area contributed by atoms with E-state index >= 15 is 0 Å². The number of amides is 1. The van der Waals surface area contributed by atoms with Crippen LogP contribution in [0.1, 0.15) is 33.3 Å². The number of halogens is 3. The zero-order chi connectivity index (χ0) is 23.0. The highest BCUT2D eigenvalue weighted by atomic mass is 19.4. The summed E-state index contributed by atoms with van der Waals surface area (Å²) < 4.78 is 55.9. The molecule has 8 nitrogen and oxygen atoms in total. The summed E-state index contributed by atoms with van der Waals surface area (Å²) in [6.07, 6.45) is -3.24. The number of carbonyl (C=O) groups excluding carboxylic acids is 2. The summed E-state index contributed by atoms with van der Waals surface area (Å²) in [5.74, 6) is -0.287. The van der Waals surface area contributed by atoms with Crippen molar-refractivity contribution in [3.8, 4) is 22.9 Å². The van der Waals surface area contributed by atoms with Gasteiger partial charge in [-0.15, -0.1) is 0 Å². The molecule has 0 unspecified atom stereocenters. The molecule has 0 bridgehead atoms. The zero-order valence-electron chi connectivity index (χ0n) is 16.8. The predicted octanol–water partition coefficient (Wildman–Crippen LogP) is 4.08. The van der Waals surface area contributed by atoms with Crippen molar-refractivity contribution in [1.29, 1.82) is 0 Å². The molecule has 11 heteroatoms. The van der Waals surface area contributed by atoms with Crippen molar-refractivity contribution in [2.75, 3.05) is 19.2 Å². The number of anilines is 1. The van der Waals surface area contributed by atoms with Crippen molar-refractivity contribution in [3.05, 3.63) is 59.4 Å². The third-order valence-electron chi connectivity index (χ3n) is 4.69. The number of benzene rings is 2. The van der Waals surface area contributed by atoms with E-state index in [1.807, 2.05) is 0 Å². The van der Waals surface area contributed by atoms with Gasteiger partial charge in [0.25, 0.3) is 5.91 Å². The molecule has 3 aromatic rings. The van der Waals surface area contributed by atoms with Gasteiger partial charge in [-0.05, 0) is 31.2 Å². The van der Waals surface area contributed by atoms with Gasteiger partial charge in [-0.1, -0.05) is 6.07 Å². The monoisotopic (exact) mass is 447 g/mol. The van der Waals surface area contributed by atoms with Gasteiger partial charge in [0.2, 0.25) is 6.79 Å². The molecule has 0 radical (unpaired) electrons. The van der Waals surface area contributed by atoms with E-state index in [0.29, 0.717) is 11.5 Å². The topological polar surface area (TPSA) is 91.7 Å². The Bertz CT molecular complexity index is 1220. The first kappa shape index (κ1) is 21.2. The Morgan fingerprint density at radius 1 is 1.16 bits per heavy atom. The standard InChI is InChI=1S/C21H16F3N3O5/c1-11(28)14-7-16-17(32-10-31-16)8-15(14)25-20(29)19-18(30-2)9-27(26-19)13-5-3-4-12(6-13)21(22,23)24/h3-9H,10H2,1-2H3,(H,25,29). The summed E-state index contributed by atoms with van der Waals surface area (Å²) >= 11 is 0. The minimum absolute atomic E-state index is 0.0146. The largest absolute Gasteiger partial charge is 0.493 e. The molecule has 1 aromatic heterocycles. The van der Waals surface area contributed by atoms with Crippen LogP contribution in [-0.2, 0) is 6.18 Å². The first-order valence-corrected chi connectivity index (χ1v) is 9.24. The minimum Gasteiger partial charge on any atom is -0.493 e. The number of hydrogen-bond acceptors (Lipinski definition) is 6. The molecule has 32 heavy (non-hydrogen) atoms. The Balaban J connectivity index is 1.68. The highest BCUT2D eigenvalue weighted by Gasteiger charge is 2.31. The van der Waals surface area contributed by atoms with Crippen molar-refractivity contribution in [2.24, 2.45) is 0 Å². The summed E-state index contributed by atoms with van der Waals surface area (Å²) in [4.78, 5) is 24.9. The van der Waals surface area contributed by atoms with Crippen LogP contribution in [0.25, 0.3) is 5.69 Å². The average Bonchev–Trinajstić information content (AvgIpc) is 3.39. The second kappa shape index (κ2) is 7.91. The molecule has 1 aliphatic heterocycles. The number of rotatable bonds is 5. The zero-order valence-corrected chi connectivity index (χ0v) is 16.8. The maximum absolute atomic E-state index is 13.0. The Kier molecular flexibility index (Phi) is 5.25. The van der Waals surface area contributed by atoms with E-state index < -0.39 is 17.6 Å². The minimum atomic E-state index is -4.53. The van der Waals surface area contributed by atoms with Crippen LogP contribution in [0, 0.1) is 0 Å². The maximum atomic E-state index is 13.0. The van der Waals surface area contributed by atoms with Crippen LogP contribution in [0.15, 0.2) is 42.6 Å². The van der Waals surface area contributed by atoms with E-state index in [0.717, 1.165) is 16.8 Å². The number of hydrogen-bond donors (Lipinski definition) is 1. The molecule has 0 saturated carbocycles. The first-order valence-electron chi connectivity index (χ1n) is 9.24. The van der Waals surface area contributed by atoms with Crippen LogP contribution in [0.3, 0.4) is 0 Å². The van der Waals surface area contributed by atoms with Crippen LogP contribution in [-0.4, -0.2) is 35.4 Å². The fourth-order valence-corrected chi connectivity index (χ4v) is 3.14. The molecule has 2 heterocycles. The van der Waals surface area contributed by atoms with Gasteiger partial charge < -0.3 is 19.5 Å². The SMILES string of the molecule is COc1cn(-c2cccc(C(F)(F)F)c2)nc1C(=O)Nc1cc2c(cc1C(C)=O)OCO2. The molecule has 2 aromatic carbocycles. The van der Waals surface area contributed by atoms with Gasteiger partial charge in [0.15, 0.2) is 28.7 Å². The number of carbonyl (C=O) groups is 2. The lowest BCUT2D eigenvalue weighted by atomic mass is 10.1. The number of Topliss-reactive ketones (excluding diaryl/α,β-unsaturated/α-hetero) is 1. The normalized spacial score (nSPS) is 12.5. The van der Waals surface area contributed by atoms with Crippen molar-refractivity contribution in [2.45, 2.75) is 13.1 Å². The molecule has 166 valence electrons. The number of alkyl halides is 3. The molecule has 0 fully saturated rings. The van der Waals surface area contributed by atoms with Gasteiger partial charge in [0, 0.05) is 11.6 Å². The third kappa shape index (κ3) is 3.96. The summed E-state index contributed by atoms with van der Waals surface area (Å²) in [6, 6.07) is 7.39. The molecule has 0 atom stereocenters. The van der Waals surface area contributed by atoms with Crippen molar-refractivity contribution in [1.82, 2.24) is 9.78 Å². The highest BCUT2D eigenvalue weighted by molar-refractivity contribution is 6.09. The van der Waals surface area contributed by atoms with E-state index in [9.17, 15) is 22.8 Å². The Morgan fingerprint density at radius 3 is 2.53 bits per heavy atom. The highest BCUT2D eigenvalue weighted by Crippen LogP contribution is 2.37. The van der Waals surface area contributed by atoms with Gasteiger partial charge in [0.05, 0.1) is 30.2 Å². The average molecular weight is 447 g/mol. The Hall–Kier alpha value is -4.02. The lowest BCUT2D eigenvalue weighted by molar-refractivity contribution is -0.137. The second-order valence-electron chi connectivity index (χ2n) is 6.80. The number of ether oxygens (including phenoxy) is 3. The van der Waals surface area contributed by atoms with Gasteiger partial charge in [-0.25, -0.2) is 4.68 Å². The molecular weight excluding hydrogens is 431 g/mol.